The fraction of sp³-hybridized carbons (Fsp3) is 0.167. The van der Waals surface area contributed by atoms with E-state index in [-0.39, 0.29) is 5.76 Å². The van der Waals surface area contributed by atoms with E-state index in [0.717, 1.165) is 9.13 Å². The molecule has 0 atom stereocenters. The lowest BCUT2D eigenvalue weighted by atomic mass is 10.2. The van der Waals surface area contributed by atoms with Gasteiger partial charge in [0.2, 0.25) is 11.7 Å². The molecule has 0 unspecified atom stereocenters. The van der Waals surface area contributed by atoms with Gasteiger partial charge in [0.25, 0.3) is 0 Å². The molecule has 0 spiro atoms. The van der Waals surface area contributed by atoms with Crippen molar-refractivity contribution < 1.29 is 14.3 Å². The summed E-state index contributed by atoms with van der Waals surface area (Å²) in [5.74, 6) is -0.787. The number of carbonyl (C=O) groups is 1. The lowest BCUT2D eigenvalue weighted by Crippen LogP contribution is -1.98. The molecule has 0 aliphatic carbocycles. The van der Waals surface area contributed by atoms with Gasteiger partial charge in [-0.05, 0) is 47.2 Å². The number of hydrogen-bond acceptors (Lipinski definition) is 3. The molecule has 88 valence electrons. The van der Waals surface area contributed by atoms with Gasteiger partial charge in [-0.1, -0.05) is 13.0 Å². The summed E-state index contributed by atoms with van der Waals surface area (Å²) >= 11 is 2.18. The second kappa shape index (κ2) is 4.87. The molecule has 1 heterocycles. The first-order valence-electron chi connectivity index (χ1n) is 5.10. The number of aromatic nitrogens is 1. The maximum atomic E-state index is 11.0. The number of carboxylic acid groups (broad SMARTS) is 1. The van der Waals surface area contributed by atoms with Crippen molar-refractivity contribution in [1.82, 2.24) is 4.98 Å². The predicted octanol–water partition coefficient (Wildman–Crippen LogP) is 3.21. The zero-order valence-electron chi connectivity index (χ0n) is 9.11. The van der Waals surface area contributed by atoms with Crippen LogP contribution in [0.15, 0.2) is 28.7 Å². The summed E-state index contributed by atoms with van der Waals surface area (Å²) in [7, 11) is 0. The van der Waals surface area contributed by atoms with Crippen LogP contribution < -0.4 is 0 Å². The number of oxazole rings is 1. The molecule has 17 heavy (non-hydrogen) atoms. The van der Waals surface area contributed by atoms with Crippen LogP contribution in [0.25, 0.3) is 11.5 Å². The van der Waals surface area contributed by atoms with E-state index in [1.54, 1.807) is 0 Å². The summed E-state index contributed by atoms with van der Waals surface area (Å²) in [5, 5.41) is 8.98. The van der Waals surface area contributed by atoms with E-state index >= 15 is 0 Å². The van der Waals surface area contributed by atoms with Crippen molar-refractivity contribution in [3.8, 4) is 11.5 Å². The Morgan fingerprint density at radius 3 is 2.82 bits per heavy atom. The van der Waals surface area contributed by atoms with E-state index in [2.05, 4.69) is 27.6 Å². The summed E-state index contributed by atoms with van der Waals surface area (Å²) in [5.41, 5.74) is 1.27. The fourth-order valence-corrected chi connectivity index (χ4v) is 2.05. The molecule has 0 saturated heterocycles. The number of nitrogens with zero attached hydrogens (tertiary/aromatic N) is 1. The van der Waals surface area contributed by atoms with Crippen LogP contribution in [0.4, 0.5) is 0 Å². The summed E-state index contributed by atoms with van der Waals surface area (Å²) in [6, 6.07) is 7.58. The average molecular weight is 343 g/mol. The Bertz CT molecular complexity index is 563. The molecule has 0 fully saturated rings. The molecule has 0 saturated carbocycles. The van der Waals surface area contributed by atoms with Gasteiger partial charge in [-0.3, -0.25) is 0 Å². The van der Waals surface area contributed by atoms with Gasteiger partial charge in [-0.2, -0.15) is 0 Å². The fourth-order valence-electron chi connectivity index (χ4n) is 1.50. The Morgan fingerprint density at radius 1 is 1.53 bits per heavy atom. The quantitative estimate of drug-likeness (QED) is 0.870. The van der Waals surface area contributed by atoms with Crippen LogP contribution in [-0.4, -0.2) is 16.1 Å². The molecule has 1 N–H and O–H groups in total. The van der Waals surface area contributed by atoms with Gasteiger partial charge in [0.05, 0.1) is 5.69 Å². The first kappa shape index (κ1) is 12.1. The minimum Gasteiger partial charge on any atom is -0.475 e. The van der Waals surface area contributed by atoms with Gasteiger partial charge >= 0.3 is 5.97 Å². The molecule has 1 aromatic carbocycles. The highest BCUT2D eigenvalue weighted by atomic mass is 127. The van der Waals surface area contributed by atoms with Crippen LogP contribution in [0, 0.1) is 3.57 Å². The highest BCUT2D eigenvalue weighted by Crippen LogP contribution is 2.23. The summed E-state index contributed by atoms with van der Waals surface area (Å²) in [6.45, 7) is 1.85. The number of hydrogen-bond donors (Lipinski definition) is 1. The lowest BCUT2D eigenvalue weighted by Gasteiger charge is -1.95. The van der Waals surface area contributed by atoms with Crippen LogP contribution in [0.5, 0.6) is 0 Å². The third-order valence-electron chi connectivity index (χ3n) is 2.30. The highest BCUT2D eigenvalue weighted by molar-refractivity contribution is 14.1. The third kappa shape index (κ3) is 2.49. The number of rotatable bonds is 3. The normalized spacial score (nSPS) is 10.5. The SMILES string of the molecule is CCc1nc(-c2cccc(I)c2)oc1C(=O)O. The predicted molar refractivity (Wildman–Crippen MR) is 71.0 cm³/mol. The van der Waals surface area contributed by atoms with Gasteiger partial charge in [-0.25, -0.2) is 9.78 Å². The largest absolute Gasteiger partial charge is 0.475 e. The van der Waals surface area contributed by atoms with E-state index in [1.807, 2.05) is 31.2 Å². The molecule has 0 bridgehead atoms. The van der Waals surface area contributed by atoms with Crippen molar-refractivity contribution in [3.05, 3.63) is 39.3 Å². The first-order valence-corrected chi connectivity index (χ1v) is 6.18. The van der Waals surface area contributed by atoms with Crippen LogP contribution >= 0.6 is 22.6 Å². The van der Waals surface area contributed by atoms with Crippen molar-refractivity contribution in [2.75, 3.05) is 0 Å². The molecule has 4 nitrogen and oxygen atoms in total. The van der Waals surface area contributed by atoms with Crippen LogP contribution in [0.1, 0.15) is 23.2 Å². The Labute approximate surface area is 112 Å². The van der Waals surface area contributed by atoms with Crippen molar-refractivity contribution in [3.63, 3.8) is 0 Å². The first-order chi connectivity index (χ1) is 8.11. The standard InChI is InChI=1S/C12H10INO3/c1-2-9-10(12(15)16)17-11(14-9)7-4-3-5-8(13)6-7/h3-6H,2H2,1H3,(H,15,16). The van der Waals surface area contributed by atoms with E-state index in [4.69, 9.17) is 9.52 Å². The van der Waals surface area contributed by atoms with Crippen molar-refractivity contribution in [2.45, 2.75) is 13.3 Å². The lowest BCUT2D eigenvalue weighted by molar-refractivity contribution is 0.0662. The number of benzene rings is 1. The molecular formula is C12H10INO3. The Morgan fingerprint density at radius 2 is 2.29 bits per heavy atom. The number of aromatic carboxylic acids is 1. The molecule has 1 aromatic heterocycles. The van der Waals surface area contributed by atoms with Crippen molar-refractivity contribution >= 4 is 28.6 Å². The Balaban J connectivity index is 2.50. The molecule has 0 aliphatic rings. The van der Waals surface area contributed by atoms with Crippen LogP contribution in [0.3, 0.4) is 0 Å². The second-order valence-electron chi connectivity index (χ2n) is 3.46. The van der Waals surface area contributed by atoms with E-state index in [0.29, 0.717) is 18.0 Å². The topological polar surface area (TPSA) is 63.3 Å². The average Bonchev–Trinajstić information content (AvgIpc) is 2.73. The molecule has 0 aliphatic heterocycles. The van der Waals surface area contributed by atoms with Gasteiger partial charge < -0.3 is 9.52 Å². The van der Waals surface area contributed by atoms with Crippen LogP contribution in [0.2, 0.25) is 0 Å². The zero-order chi connectivity index (χ0) is 12.4. The number of carboxylic acids is 1. The Hall–Kier alpha value is -1.37. The smallest absolute Gasteiger partial charge is 0.373 e. The molecule has 0 radical (unpaired) electrons. The second-order valence-corrected chi connectivity index (χ2v) is 4.71. The minimum absolute atomic E-state index is 0.0682. The van der Waals surface area contributed by atoms with E-state index in [1.165, 1.54) is 0 Å². The van der Waals surface area contributed by atoms with E-state index < -0.39 is 5.97 Å². The monoisotopic (exact) mass is 343 g/mol. The zero-order valence-corrected chi connectivity index (χ0v) is 11.3. The number of halogens is 1. The molecular weight excluding hydrogens is 333 g/mol. The van der Waals surface area contributed by atoms with Gasteiger partial charge in [0, 0.05) is 9.13 Å². The van der Waals surface area contributed by atoms with Crippen LogP contribution in [-0.2, 0) is 6.42 Å². The molecule has 5 heteroatoms. The molecule has 0 amide bonds. The van der Waals surface area contributed by atoms with Crippen molar-refractivity contribution in [1.29, 1.82) is 0 Å². The summed E-state index contributed by atoms with van der Waals surface area (Å²) in [6.07, 6.45) is 0.537. The highest BCUT2D eigenvalue weighted by Gasteiger charge is 2.18. The van der Waals surface area contributed by atoms with Gasteiger partial charge in [0.15, 0.2) is 0 Å². The maximum absolute atomic E-state index is 11.0. The summed E-state index contributed by atoms with van der Waals surface area (Å²) < 4.78 is 6.34. The summed E-state index contributed by atoms with van der Waals surface area (Å²) in [4.78, 5) is 15.2. The Kier molecular flexibility index (Phi) is 3.46. The van der Waals surface area contributed by atoms with E-state index in [9.17, 15) is 4.79 Å². The molecule has 2 aromatic rings. The van der Waals surface area contributed by atoms with Gasteiger partial charge in [0.1, 0.15) is 0 Å². The minimum atomic E-state index is -1.08. The van der Waals surface area contributed by atoms with Gasteiger partial charge in [-0.15, -0.1) is 0 Å². The maximum Gasteiger partial charge on any atom is 0.373 e. The third-order valence-corrected chi connectivity index (χ3v) is 2.97. The number of aryl methyl sites for hydroxylation is 1. The van der Waals surface area contributed by atoms with Crippen molar-refractivity contribution in [2.24, 2.45) is 0 Å². The molecule has 2 rings (SSSR count).